The average molecular weight is 403 g/mol. The number of hydrogen-bond donors (Lipinski definition) is 3. The van der Waals surface area contributed by atoms with Gasteiger partial charge in [-0.1, -0.05) is 0 Å². The number of hydrogen-bond acceptors (Lipinski definition) is 5. The standard InChI is InChI=1S/C16H22N4O4S.ClH/c21-15-11-20(9-8-18-15)25(23,24)14-5-3-12(4-6-14)16(22)19-10-13-2-1-7-17-13;/h3-6,13,17H,1-2,7-11H2,(H,18,21)(H,19,22);1H. The molecule has 10 heteroatoms. The van der Waals surface area contributed by atoms with Gasteiger partial charge in [-0.05, 0) is 43.7 Å². The van der Waals surface area contributed by atoms with E-state index in [9.17, 15) is 18.0 Å². The Bertz CT molecular complexity index is 748. The Hall–Kier alpha value is -1.68. The largest absolute Gasteiger partial charge is 0.354 e. The van der Waals surface area contributed by atoms with Gasteiger partial charge in [0.25, 0.3) is 5.91 Å². The molecule has 2 aliphatic rings. The molecule has 2 amide bonds. The molecule has 1 atom stereocenters. The first-order valence-electron chi connectivity index (χ1n) is 8.35. The molecule has 2 heterocycles. The molecule has 0 saturated carbocycles. The van der Waals surface area contributed by atoms with E-state index >= 15 is 0 Å². The number of rotatable bonds is 5. The molecule has 2 fully saturated rings. The molecule has 26 heavy (non-hydrogen) atoms. The highest BCUT2D eigenvalue weighted by Crippen LogP contribution is 2.17. The summed E-state index contributed by atoms with van der Waals surface area (Å²) >= 11 is 0. The van der Waals surface area contributed by atoms with Gasteiger partial charge in [-0.25, -0.2) is 8.42 Å². The number of amides is 2. The Balaban J connectivity index is 0.00000243. The van der Waals surface area contributed by atoms with Crippen molar-refractivity contribution >= 4 is 34.2 Å². The smallest absolute Gasteiger partial charge is 0.251 e. The predicted octanol–water partition coefficient (Wildman–Crippen LogP) is -0.289. The molecule has 0 bridgehead atoms. The SMILES string of the molecule is Cl.O=C1CN(S(=O)(=O)c2ccc(C(=O)NCC3CCCN3)cc2)CCN1. The van der Waals surface area contributed by atoms with E-state index in [2.05, 4.69) is 16.0 Å². The zero-order chi connectivity index (χ0) is 17.9. The summed E-state index contributed by atoms with van der Waals surface area (Å²) in [5.74, 6) is -0.540. The summed E-state index contributed by atoms with van der Waals surface area (Å²) in [5, 5.41) is 8.75. The molecular weight excluding hydrogens is 380 g/mol. The third kappa shape index (κ3) is 4.73. The molecule has 0 aromatic heterocycles. The van der Waals surface area contributed by atoms with Gasteiger partial charge in [0.1, 0.15) is 0 Å². The van der Waals surface area contributed by atoms with Crippen LogP contribution in [0.2, 0.25) is 0 Å². The van der Waals surface area contributed by atoms with Gasteiger partial charge < -0.3 is 16.0 Å². The maximum atomic E-state index is 12.6. The number of carbonyl (C=O) groups is 2. The second kappa shape index (κ2) is 8.81. The first-order valence-corrected chi connectivity index (χ1v) is 9.79. The van der Waals surface area contributed by atoms with Crippen LogP contribution in [-0.4, -0.2) is 63.3 Å². The van der Waals surface area contributed by atoms with Crippen LogP contribution >= 0.6 is 12.4 Å². The van der Waals surface area contributed by atoms with Crippen molar-refractivity contribution in [1.82, 2.24) is 20.3 Å². The summed E-state index contributed by atoms with van der Waals surface area (Å²) < 4.78 is 26.2. The molecule has 0 spiro atoms. The van der Waals surface area contributed by atoms with Crippen molar-refractivity contribution in [3.8, 4) is 0 Å². The van der Waals surface area contributed by atoms with Crippen LogP contribution in [-0.2, 0) is 14.8 Å². The van der Waals surface area contributed by atoms with Crippen molar-refractivity contribution in [2.75, 3.05) is 32.7 Å². The van der Waals surface area contributed by atoms with E-state index in [1.807, 2.05) is 0 Å². The van der Waals surface area contributed by atoms with Gasteiger partial charge in [0.2, 0.25) is 15.9 Å². The monoisotopic (exact) mass is 402 g/mol. The third-order valence-electron chi connectivity index (χ3n) is 4.43. The van der Waals surface area contributed by atoms with Gasteiger partial charge >= 0.3 is 0 Å². The fraction of sp³-hybridized carbons (Fsp3) is 0.500. The zero-order valence-electron chi connectivity index (χ0n) is 14.2. The minimum absolute atomic E-state index is 0. The van der Waals surface area contributed by atoms with Gasteiger partial charge in [0, 0.05) is 31.2 Å². The zero-order valence-corrected chi connectivity index (χ0v) is 15.9. The Morgan fingerprint density at radius 3 is 2.58 bits per heavy atom. The number of nitrogens with one attached hydrogen (secondary N) is 3. The number of halogens is 1. The molecule has 8 nitrogen and oxygen atoms in total. The summed E-state index contributed by atoms with van der Waals surface area (Å²) in [7, 11) is -3.73. The molecule has 3 N–H and O–H groups in total. The second-order valence-electron chi connectivity index (χ2n) is 6.22. The van der Waals surface area contributed by atoms with Gasteiger partial charge in [-0.3, -0.25) is 9.59 Å². The van der Waals surface area contributed by atoms with Crippen molar-refractivity contribution < 1.29 is 18.0 Å². The van der Waals surface area contributed by atoms with E-state index in [4.69, 9.17) is 0 Å². The second-order valence-corrected chi connectivity index (χ2v) is 8.15. The maximum Gasteiger partial charge on any atom is 0.251 e. The summed E-state index contributed by atoms with van der Waals surface area (Å²) in [6.07, 6.45) is 2.16. The Morgan fingerprint density at radius 2 is 1.96 bits per heavy atom. The first kappa shape index (κ1) is 20.6. The summed E-state index contributed by atoms with van der Waals surface area (Å²) in [6, 6.07) is 6.10. The van der Waals surface area contributed by atoms with E-state index in [0.717, 1.165) is 23.7 Å². The van der Waals surface area contributed by atoms with Gasteiger partial charge in [0.15, 0.2) is 0 Å². The van der Waals surface area contributed by atoms with Crippen LogP contribution in [0.15, 0.2) is 29.2 Å². The van der Waals surface area contributed by atoms with Crippen molar-refractivity contribution in [2.24, 2.45) is 0 Å². The van der Waals surface area contributed by atoms with Crippen LogP contribution in [0.1, 0.15) is 23.2 Å². The van der Waals surface area contributed by atoms with Crippen LogP contribution in [0, 0.1) is 0 Å². The summed E-state index contributed by atoms with van der Waals surface area (Å²) in [5.41, 5.74) is 0.410. The molecule has 144 valence electrons. The molecule has 1 unspecified atom stereocenters. The molecule has 1 aromatic carbocycles. The van der Waals surface area contributed by atoms with Crippen LogP contribution < -0.4 is 16.0 Å². The molecular formula is C16H23ClN4O4S. The summed E-state index contributed by atoms with van der Waals surface area (Å²) in [4.78, 5) is 23.6. The Labute approximate surface area is 159 Å². The molecule has 0 aliphatic carbocycles. The van der Waals surface area contributed by atoms with Gasteiger partial charge in [-0.2, -0.15) is 4.31 Å². The topological polar surface area (TPSA) is 108 Å². The first-order chi connectivity index (χ1) is 12.0. The van der Waals surface area contributed by atoms with Crippen LogP contribution in [0.3, 0.4) is 0 Å². The van der Waals surface area contributed by atoms with E-state index in [1.165, 1.54) is 24.3 Å². The third-order valence-corrected chi connectivity index (χ3v) is 6.29. The molecule has 2 saturated heterocycles. The fourth-order valence-electron chi connectivity index (χ4n) is 3.00. The van der Waals surface area contributed by atoms with Crippen molar-refractivity contribution in [1.29, 1.82) is 0 Å². The number of piperazine rings is 1. The van der Waals surface area contributed by atoms with Crippen LogP contribution in [0.4, 0.5) is 0 Å². The van der Waals surface area contributed by atoms with E-state index < -0.39 is 10.0 Å². The van der Waals surface area contributed by atoms with Crippen LogP contribution in [0.25, 0.3) is 0 Å². The van der Waals surface area contributed by atoms with E-state index in [0.29, 0.717) is 24.7 Å². The normalized spacial score (nSPS) is 20.9. The highest BCUT2D eigenvalue weighted by Gasteiger charge is 2.29. The Kier molecular flexibility index (Phi) is 6.99. The number of nitrogens with zero attached hydrogens (tertiary/aromatic N) is 1. The van der Waals surface area contributed by atoms with E-state index in [1.54, 1.807) is 0 Å². The fourth-order valence-corrected chi connectivity index (χ4v) is 4.39. The number of carbonyl (C=O) groups excluding carboxylic acids is 2. The number of benzene rings is 1. The van der Waals surface area contributed by atoms with E-state index in [-0.39, 0.29) is 42.2 Å². The van der Waals surface area contributed by atoms with Gasteiger partial charge in [-0.15, -0.1) is 12.4 Å². The molecule has 0 radical (unpaired) electrons. The minimum atomic E-state index is -3.73. The highest BCUT2D eigenvalue weighted by molar-refractivity contribution is 7.89. The highest BCUT2D eigenvalue weighted by atomic mass is 35.5. The molecule has 1 aromatic rings. The molecule has 3 rings (SSSR count). The van der Waals surface area contributed by atoms with Crippen molar-refractivity contribution in [3.63, 3.8) is 0 Å². The minimum Gasteiger partial charge on any atom is -0.354 e. The lowest BCUT2D eigenvalue weighted by Gasteiger charge is -2.25. The van der Waals surface area contributed by atoms with Gasteiger partial charge in [0.05, 0.1) is 11.4 Å². The Morgan fingerprint density at radius 1 is 1.23 bits per heavy atom. The lowest BCUT2D eigenvalue weighted by atomic mass is 10.2. The lowest BCUT2D eigenvalue weighted by molar-refractivity contribution is -0.122. The molecule has 2 aliphatic heterocycles. The van der Waals surface area contributed by atoms with Crippen molar-refractivity contribution in [2.45, 2.75) is 23.8 Å². The van der Waals surface area contributed by atoms with Crippen molar-refractivity contribution in [3.05, 3.63) is 29.8 Å². The predicted molar refractivity (Wildman–Crippen MR) is 98.8 cm³/mol. The lowest BCUT2D eigenvalue weighted by Crippen LogP contribution is -2.49. The quantitative estimate of drug-likeness (QED) is 0.627. The average Bonchev–Trinajstić information content (AvgIpc) is 3.13. The maximum absolute atomic E-state index is 12.6. The van der Waals surface area contributed by atoms with Crippen LogP contribution in [0.5, 0.6) is 0 Å². The number of sulfonamides is 1. The summed E-state index contributed by atoms with van der Waals surface area (Å²) in [6.45, 7) is 1.89.